The van der Waals surface area contributed by atoms with Gasteiger partial charge in [-0.25, -0.2) is 14.9 Å². The van der Waals surface area contributed by atoms with E-state index in [-0.39, 0.29) is 5.54 Å². The smallest absolute Gasteiger partial charge is 0.241 e. The van der Waals surface area contributed by atoms with Gasteiger partial charge in [0.2, 0.25) is 11.9 Å². The molecular formula is C43H32N6. The third-order valence-corrected chi connectivity index (χ3v) is 9.43. The van der Waals surface area contributed by atoms with Gasteiger partial charge in [-0.15, -0.1) is 0 Å². The van der Waals surface area contributed by atoms with Gasteiger partial charge in [-0.2, -0.15) is 9.97 Å². The maximum absolute atomic E-state index is 5.24. The first kappa shape index (κ1) is 28.8. The number of rotatable bonds is 5. The van der Waals surface area contributed by atoms with Crippen molar-refractivity contribution in [2.75, 3.05) is 9.80 Å². The van der Waals surface area contributed by atoms with Crippen LogP contribution in [0.25, 0.3) is 45.0 Å². The van der Waals surface area contributed by atoms with Gasteiger partial charge in [0.05, 0.1) is 22.6 Å². The minimum absolute atomic E-state index is 0.363. The van der Waals surface area contributed by atoms with E-state index in [9.17, 15) is 0 Å². The van der Waals surface area contributed by atoms with Gasteiger partial charge in [-0.05, 0) is 54.3 Å². The largest absolute Gasteiger partial charge is 0.300 e. The molecule has 49 heavy (non-hydrogen) atoms. The molecule has 3 heterocycles. The lowest BCUT2D eigenvalue weighted by Crippen LogP contribution is -2.49. The number of para-hydroxylation sites is 3. The summed E-state index contributed by atoms with van der Waals surface area (Å²) in [5.74, 6) is 2.48. The Morgan fingerprint density at radius 3 is 1.45 bits per heavy atom. The van der Waals surface area contributed by atoms with E-state index in [4.69, 9.17) is 19.9 Å². The molecule has 0 bridgehead atoms. The van der Waals surface area contributed by atoms with Gasteiger partial charge in [0, 0.05) is 16.7 Å². The highest BCUT2D eigenvalue weighted by molar-refractivity contribution is 6.21. The SMILES string of the molecule is CC1(C)c2ccccc2N=C2N(c3nc(-c4ccc(-c5ccccc5)cc4)nc(-c4ccc(-c5ccccc5)cc4)n3)c3ccccc3N21. The van der Waals surface area contributed by atoms with Gasteiger partial charge in [0.1, 0.15) is 0 Å². The van der Waals surface area contributed by atoms with Crippen LogP contribution in [0.4, 0.5) is 23.0 Å². The molecule has 0 atom stereocenters. The summed E-state index contributed by atoms with van der Waals surface area (Å²) in [6.45, 7) is 4.49. The fourth-order valence-electron chi connectivity index (χ4n) is 6.93. The summed E-state index contributed by atoms with van der Waals surface area (Å²) in [7, 11) is 0. The van der Waals surface area contributed by atoms with Crippen molar-refractivity contribution in [3.05, 3.63) is 163 Å². The Bertz CT molecular complexity index is 2250. The highest BCUT2D eigenvalue weighted by atomic mass is 15.5. The Hall–Kier alpha value is -6.40. The number of hydrogen-bond donors (Lipinski definition) is 0. The van der Waals surface area contributed by atoms with Gasteiger partial charge in [-0.3, -0.25) is 4.90 Å². The number of fused-ring (bicyclic) bond motifs is 4. The van der Waals surface area contributed by atoms with E-state index in [2.05, 4.69) is 163 Å². The number of hydrogen-bond acceptors (Lipinski definition) is 6. The Morgan fingerprint density at radius 1 is 0.429 bits per heavy atom. The number of aromatic nitrogens is 3. The molecule has 0 spiro atoms. The van der Waals surface area contributed by atoms with Gasteiger partial charge in [0.15, 0.2) is 11.6 Å². The molecule has 2 aliphatic rings. The van der Waals surface area contributed by atoms with Crippen molar-refractivity contribution in [1.29, 1.82) is 0 Å². The summed E-state index contributed by atoms with van der Waals surface area (Å²) in [5, 5.41) is 0. The molecule has 6 heteroatoms. The van der Waals surface area contributed by atoms with Crippen molar-refractivity contribution >= 4 is 29.0 Å². The van der Waals surface area contributed by atoms with Gasteiger partial charge in [0.25, 0.3) is 0 Å². The Balaban J connectivity index is 1.21. The fourth-order valence-corrected chi connectivity index (χ4v) is 6.93. The monoisotopic (exact) mass is 632 g/mol. The Kier molecular flexibility index (Phi) is 6.69. The minimum Gasteiger partial charge on any atom is -0.300 e. The molecule has 7 aromatic rings. The van der Waals surface area contributed by atoms with Crippen LogP contribution in [-0.4, -0.2) is 20.9 Å². The first-order chi connectivity index (χ1) is 24.0. The lowest BCUT2D eigenvalue weighted by atomic mass is 9.89. The molecule has 6 aromatic carbocycles. The molecule has 0 saturated carbocycles. The first-order valence-electron chi connectivity index (χ1n) is 16.5. The average Bonchev–Trinajstić information content (AvgIpc) is 3.50. The second-order valence-corrected chi connectivity index (χ2v) is 12.8. The zero-order chi connectivity index (χ0) is 33.0. The molecule has 1 aromatic heterocycles. The van der Waals surface area contributed by atoms with Crippen LogP contribution in [0.3, 0.4) is 0 Å². The maximum Gasteiger partial charge on any atom is 0.241 e. The summed E-state index contributed by atoms with van der Waals surface area (Å²) in [6.07, 6.45) is 0. The fraction of sp³-hybridized carbons (Fsp3) is 0.0698. The summed E-state index contributed by atoms with van der Waals surface area (Å²) < 4.78 is 0. The number of benzene rings is 6. The average molecular weight is 633 g/mol. The summed E-state index contributed by atoms with van der Waals surface area (Å²) in [5.41, 5.74) is 10.2. The van der Waals surface area contributed by atoms with E-state index < -0.39 is 0 Å². The van der Waals surface area contributed by atoms with Gasteiger partial charge >= 0.3 is 0 Å². The third kappa shape index (κ3) is 4.88. The van der Waals surface area contributed by atoms with Crippen LogP contribution >= 0.6 is 0 Å². The molecule has 0 aliphatic carbocycles. The van der Waals surface area contributed by atoms with Crippen LogP contribution < -0.4 is 9.80 Å². The second-order valence-electron chi connectivity index (χ2n) is 12.8. The van der Waals surface area contributed by atoms with Crippen LogP contribution in [0.5, 0.6) is 0 Å². The van der Waals surface area contributed by atoms with E-state index >= 15 is 0 Å². The van der Waals surface area contributed by atoms with Crippen molar-refractivity contribution in [3.63, 3.8) is 0 Å². The van der Waals surface area contributed by atoms with Crippen LogP contribution in [0, 0.1) is 0 Å². The highest BCUT2D eigenvalue weighted by Crippen LogP contribution is 2.51. The third-order valence-electron chi connectivity index (χ3n) is 9.43. The van der Waals surface area contributed by atoms with Crippen molar-refractivity contribution in [2.24, 2.45) is 4.99 Å². The summed E-state index contributed by atoms with van der Waals surface area (Å²) >= 11 is 0. The standard InChI is InChI=1S/C43H32N6/c1-43(2)35-17-9-10-18-36(35)44-42-48(37-19-11-12-20-38(37)49(42)43)41-46-39(33-25-21-31(22-26-33)29-13-5-3-6-14-29)45-40(47-41)34-27-23-32(24-28-34)30-15-7-4-8-16-30/h3-28H,1-2H3. The van der Waals surface area contributed by atoms with E-state index in [1.165, 1.54) is 5.56 Å². The van der Waals surface area contributed by atoms with Gasteiger partial charge < -0.3 is 0 Å². The second kappa shape index (κ2) is 11.4. The van der Waals surface area contributed by atoms with Crippen molar-refractivity contribution < 1.29 is 0 Å². The quantitative estimate of drug-likeness (QED) is 0.189. The predicted octanol–water partition coefficient (Wildman–Crippen LogP) is 10.4. The molecule has 234 valence electrons. The number of nitrogens with zero attached hydrogens (tertiary/aromatic N) is 6. The Labute approximate surface area is 285 Å². The minimum atomic E-state index is -0.363. The molecule has 6 nitrogen and oxygen atoms in total. The lowest BCUT2D eigenvalue weighted by molar-refractivity contribution is 0.543. The van der Waals surface area contributed by atoms with Crippen molar-refractivity contribution in [2.45, 2.75) is 19.4 Å². The van der Waals surface area contributed by atoms with Crippen LogP contribution in [-0.2, 0) is 5.54 Å². The molecular weight excluding hydrogens is 601 g/mol. The van der Waals surface area contributed by atoms with Crippen molar-refractivity contribution in [3.8, 4) is 45.0 Å². The van der Waals surface area contributed by atoms with Crippen LogP contribution in [0.2, 0.25) is 0 Å². The predicted molar refractivity (Wildman–Crippen MR) is 199 cm³/mol. The summed E-state index contributed by atoms with van der Waals surface area (Å²) in [6, 6.07) is 54.4. The molecule has 0 amide bonds. The molecule has 0 unspecified atom stereocenters. The molecule has 0 saturated heterocycles. The lowest BCUT2D eigenvalue weighted by Gasteiger charge is -2.41. The normalized spacial score (nSPS) is 14.1. The molecule has 9 rings (SSSR count). The van der Waals surface area contributed by atoms with Crippen LogP contribution in [0.1, 0.15) is 19.4 Å². The highest BCUT2D eigenvalue weighted by Gasteiger charge is 2.47. The van der Waals surface area contributed by atoms with Crippen molar-refractivity contribution in [1.82, 2.24) is 15.0 Å². The van der Waals surface area contributed by atoms with E-state index in [1.54, 1.807) is 0 Å². The Morgan fingerprint density at radius 2 is 0.878 bits per heavy atom. The molecule has 2 aliphatic heterocycles. The zero-order valence-electron chi connectivity index (χ0n) is 27.2. The van der Waals surface area contributed by atoms with E-state index in [0.717, 1.165) is 56.4 Å². The number of guanidine groups is 1. The summed E-state index contributed by atoms with van der Waals surface area (Å²) in [4.78, 5) is 25.0. The van der Waals surface area contributed by atoms with Gasteiger partial charge in [-0.1, -0.05) is 140 Å². The maximum atomic E-state index is 5.24. The first-order valence-corrected chi connectivity index (χ1v) is 16.5. The molecule has 0 radical (unpaired) electrons. The number of anilines is 3. The van der Waals surface area contributed by atoms with E-state index in [0.29, 0.717) is 17.6 Å². The molecule has 0 fully saturated rings. The van der Waals surface area contributed by atoms with Crippen LogP contribution in [0.15, 0.2) is 163 Å². The van der Waals surface area contributed by atoms with E-state index in [1.807, 2.05) is 18.2 Å². The molecule has 0 N–H and O–H groups in total. The number of aliphatic imine (C=N–C) groups is 1. The topological polar surface area (TPSA) is 57.5 Å². The zero-order valence-corrected chi connectivity index (χ0v) is 27.2.